The SMILES string of the molecule is N#Cc1cc(Sc2ncnc3nc[nH]c23)ccc1[N+](=O)[O-]. The van der Waals surface area contributed by atoms with Crippen LogP contribution in [0.15, 0.2) is 40.8 Å². The Bertz CT molecular complexity index is 885. The summed E-state index contributed by atoms with van der Waals surface area (Å²) in [6.07, 6.45) is 2.90. The number of H-pyrrole nitrogens is 1. The molecule has 0 aliphatic rings. The lowest BCUT2D eigenvalue weighted by Gasteiger charge is -2.02. The van der Waals surface area contributed by atoms with Gasteiger partial charge in [0.25, 0.3) is 5.69 Å². The molecule has 102 valence electrons. The third-order valence-corrected chi connectivity index (χ3v) is 3.68. The zero-order valence-corrected chi connectivity index (χ0v) is 11.2. The minimum Gasteiger partial charge on any atom is -0.341 e. The molecule has 1 N–H and O–H groups in total. The molecule has 2 aromatic heterocycles. The normalized spacial score (nSPS) is 10.4. The molecular weight excluding hydrogens is 292 g/mol. The maximum Gasteiger partial charge on any atom is 0.287 e. The molecule has 3 aromatic rings. The Balaban J connectivity index is 2.01. The number of imidazole rings is 1. The Labute approximate surface area is 122 Å². The van der Waals surface area contributed by atoms with E-state index in [1.54, 1.807) is 6.07 Å². The van der Waals surface area contributed by atoms with Gasteiger partial charge in [0.1, 0.15) is 28.5 Å². The number of nitrogens with zero attached hydrogens (tertiary/aromatic N) is 5. The Morgan fingerprint density at radius 1 is 1.33 bits per heavy atom. The molecule has 0 amide bonds. The smallest absolute Gasteiger partial charge is 0.287 e. The third kappa shape index (κ3) is 2.39. The molecule has 21 heavy (non-hydrogen) atoms. The number of hydrogen-bond acceptors (Lipinski definition) is 7. The van der Waals surface area contributed by atoms with Crippen LogP contribution in [0, 0.1) is 21.4 Å². The Morgan fingerprint density at radius 3 is 2.95 bits per heavy atom. The van der Waals surface area contributed by atoms with Gasteiger partial charge in [0.05, 0.1) is 11.3 Å². The second kappa shape index (κ2) is 5.18. The van der Waals surface area contributed by atoms with E-state index in [2.05, 4.69) is 19.9 Å². The van der Waals surface area contributed by atoms with Crippen LogP contribution in [0.4, 0.5) is 5.69 Å². The quantitative estimate of drug-likeness (QED) is 0.447. The number of nitro benzene ring substituents is 1. The summed E-state index contributed by atoms with van der Waals surface area (Å²) < 4.78 is 0. The summed E-state index contributed by atoms with van der Waals surface area (Å²) in [7, 11) is 0. The van der Waals surface area contributed by atoms with Crippen LogP contribution in [0.25, 0.3) is 11.2 Å². The summed E-state index contributed by atoms with van der Waals surface area (Å²) in [5.41, 5.74) is 1.02. The van der Waals surface area contributed by atoms with E-state index in [0.717, 1.165) is 0 Å². The van der Waals surface area contributed by atoms with Crippen LogP contribution in [-0.2, 0) is 0 Å². The van der Waals surface area contributed by atoms with Gasteiger partial charge in [-0.2, -0.15) is 5.26 Å². The fourth-order valence-electron chi connectivity index (χ4n) is 1.76. The average molecular weight is 298 g/mol. The Kier molecular flexibility index (Phi) is 3.21. The molecule has 0 saturated heterocycles. The van der Waals surface area contributed by atoms with Crippen LogP contribution in [0.1, 0.15) is 5.56 Å². The topological polar surface area (TPSA) is 121 Å². The van der Waals surface area contributed by atoms with Crippen molar-refractivity contribution in [3.05, 3.63) is 46.5 Å². The number of rotatable bonds is 3. The van der Waals surface area contributed by atoms with Crippen molar-refractivity contribution in [3.63, 3.8) is 0 Å². The summed E-state index contributed by atoms with van der Waals surface area (Å²) in [4.78, 5) is 26.0. The molecule has 1 aromatic carbocycles. The Hall–Kier alpha value is -2.99. The molecule has 0 unspecified atom stereocenters. The zero-order valence-electron chi connectivity index (χ0n) is 10.3. The number of nitrogens with one attached hydrogen (secondary N) is 1. The number of nitriles is 1. The standard InChI is InChI=1S/C12H6N6O2S/c13-4-7-3-8(1-2-9(7)18(19)20)21-12-10-11(15-5-14-10)16-6-17-12/h1-3,5-6H,(H,14,15,16,17). The van der Waals surface area contributed by atoms with Gasteiger partial charge >= 0.3 is 0 Å². The lowest BCUT2D eigenvalue weighted by atomic mass is 10.2. The highest BCUT2D eigenvalue weighted by molar-refractivity contribution is 7.99. The molecule has 0 saturated carbocycles. The molecule has 0 bridgehead atoms. The van der Waals surface area contributed by atoms with E-state index in [-0.39, 0.29) is 11.3 Å². The summed E-state index contributed by atoms with van der Waals surface area (Å²) in [5, 5.41) is 20.4. The van der Waals surface area contributed by atoms with E-state index < -0.39 is 4.92 Å². The Morgan fingerprint density at radius 2 is 2.19 bits per heavy atom. The van der Waals surface area contributed by atoms with E-state index >= 15 is 0 Å². The van der Waals surface area contributed by atoms with Gasteiger partial charge in [0.2, 0.25) is 0 Å². The largest absolute Gasteiger partial charge is 0.341 e. The molecule has 2 heterocycles. The van der Waals surface area contributed by atoms with Crippen molar-refractivity contribution in [2.45, 2.75) is 9.92 Å². The minimum atomic E-state index is -0.579. The molecule has 0 radical (unpaired) electrons. The van der Waals surface area contributed by atoms with Gasteiger partial charge in [-0.1, -0.05) is 11.8 Å². The number of hydrogen-bond donors (Lipinski definition) is 1. The maximum atomic E-state index is 10.8. The minimum absolute atomic E-state index is 0.0138. The molecule has 9 heteroatoms. The van der Waals surface area contributed by atoms with Gasteiger partial charge < -0.3 is 4.98 Å². The van der Waals surface area contributed by atoms with E-state index in [1.165, 1.54) is 36.5 Å². The molecule has 3 rings (SSSR count). The van der Waals surface area contributed by atoms with Crippen LogP contribution in [0.5, 0.6) is 0 Å². The number of nitro groups is 1. The van der Waals surface area contributed by atoms with Crippen LogP contribution in [0.3, 0.4) is 0 Å². The fourth-order valence-corrected chi connectivity index (χ4v) is 2.65. The number of benzene rings is 1. The first kappa shape index (κ1) is 13.0. The highest BCUT2D eigenvalue weighted by Gasteiger charge is 2.15. The van der Waals surface area contributed by atoms with E-state index in [1.807, 2.05) is 6.07 Å². The molecule has 0 atom stereocenters. The van der Waals surface area contributed by atoms with Crippen molar-refractivity contribution in [2.24, 2.45) is 0 Å². The van der Waals surface area contributed by atoms with Gasteiger partial charge in [-0.3, -0.25) is 10.1 Å². The molecule has 0 spiro atoms. The number of aromatic nitrogens is 4. The van der Waals surface area contributed by atoms with Crippen molar-refractivity contribution < 1.29 is 4.92 Å². The van der Waals surface area contributed by atoms with Crippen LogP contribution in [0.2, 0.25) is 0 Å². The van der Waals surface area contributed by atoms with Crippen molar-refractivity contribution in [2.75, 3.05) is 0 Å². The predicted octanol–water partition coefficient (Wildman–Crippen LogP) is 2.28. The van der Waals surface area contributed by atoms with Gasteiger partial charge in [-0.15, -0.1) is 0 Å². The molecule has 0 fully saturated rings. The molecule has 8 nitrogen and oxygen atoms in total. The lowest BCUT2D eigenvalue weighted by Crippen LogP contribution is -1.92. The van der Waals surface area contributed by atoms with Crippen LogP contribution < -0.4 is 0 Å². The van der Waals surface area contributed by atoms with E-state index in [9.17, 15) is 10.1 Å². The molecule has 0 aliphatic heterocycles. The van der Waals surface area contributed by atoms with E-state index in [0.29, 0.717) is 21.1 Å². The second-order valence-electron chi connectivity index (χ2n) is 3.93. The average Bonchev–Trinajstić information content (AvgIpc) is 2.96. The summed E-state index contributed by atoms with van der Waals surface area (Å²) in [6.45, 7) is 0. The molecular formula is C12H6N6O2S. The van der Waals surface area contributed by atoms with Crippen molar-refractivity contribution in [1.82, 2.24) is 19.9 Å². The number of fused-ring (bicyclic) bond motifs is 1. The van der Waals surface area contributed by atoms with Crippen molar-refractivity contribution in [3.8, 4) is 6.07 Å². The summed E-state index contributed by atoms with van der Waals surface area (Å²) >= 11 is 1.28. The second-order valence-corrected chi connectivity index (χ2v) is 4.99. The van der Waals surface area contributed by atoms with Crippen molar-refractivity contribution in [1.29, 1.82) is 5.26 Å². The lowest BCUT2D eigenvalue weighted by molar-refractivity contribution is -0.385. The summed E-state index contributed by atoms with van der Waals surface area (Å²) in [5.74, 6) is 0. The van der Waals surface area contributed by atoms with Crippen molar-refractivity contribution >= 4 is 28.6 Å². The maximum absolute atomic E-state index is 10.8. The first-order chi connectivity index (χ1) is 10.2. The highest BCUT2D eigenvalue weighted by atomic mass is 32.2. The van der Waals surface area contributed by atoms with E-state index in [4.69, 9.17) is 5.26 Å². The van der Waals surface area contributed by atoms with Crippen LogP contribution >= 0.6 is 11.8 Å². The van der Waals surface area contributed by atoms with Crippen LogP contribution in [-0.4, -0.2) is 24.9 Å². The molecule has 0 aliphatic carbocycles. The first-order valence-electron chi connectivity index (χ1n) is 5.69. The van der Waals surface area contributed by atoms with Gasteiger partial charge in [-0.25, -0.2) is 15.0 Å². The number of aromatic amines is 1. The van der Waals surface area contributed by atoms with Gasteiger partial charge in [0.15, 0.2) is 5.65 Å². The predicted molar refractivity (Wildman–Crippen MR) is 73.6 cm³/mol. The summed E-state index contributed by atoms with van der Waals surface area (Å²) in [6, 6.07) is 6.18. The zero-order chi connectivity index (χ0) is 14.8. The van der Waals surface area contributed by atoms with Gasteiger partial charge in [0, 0.05) is 11.0 Å². The highest BCUT2D eigenvalue weighted by Crippen LogP contribution is 2.32. The fraction of sp³-hybridized carbons (Fsp3) is 0. The first-order valence-corrected chi connectivity index (χ1v) is 6.51. The third-order valence-electron chi connectivity index (χ3n) is 2.69. The van der Waals surface area contributed by atoms with Gasteiger partial charge in [-0.05, 0) is 12.1 Å². The monoisotopic (exact) mass is 298 g/mol.